The van der Waals surface area contributed by atoms with E-state index in [1.165, 1.54) is 0 Å². The maximum atomic E-state index is 11.8. The second-order valence-electron chi connectivity index (χ2n) is 3.84. The van der Waals surface area contributed by atoms with Gasteiger partial charge >= 0.3 is 0 Å². The Morgan fingerprint density at radius 3 is 2.60 bits per heavy atom. The van der Waals surface area contributed by atoms with Crippen LogP contribution in [0.5, 0.6) is 0 Å². The molecular weight excluding hydrogens is 210 g/mol. The second-order valence-corrected chi connectivity index (χ2v) is 6.26. The van der Waals surface area contributed by atoms with Gasteiger partial charge in [0, 0.05) is 6.54 Å². The van der Waals surface area contributed by atoms with Gasteiger partial charge in [-0.2, -0.15) is 0 Å². The smallest absolute Gasteiger partial charge is 0.158 e. The maximum Gasteiger partial charge on any atom is 0.158 e. The topological polar surface area (TPSA) is 60.2 Å². The fourth-order valence-electron chi connectivity index (χ4n) is 1.32. The number of aryl methyl sites for hydroxylation is 1. The standard InChI is InChI=1S/C11H17NO2S/c1-9-4-3-5-11(6-9)8-15(13,14)10(2)7-12/h3-6,10H,7-8,12H2,1-2H3. The first-order valence-electron chi connectivity index (χ1n) is 4.93. The summed E-state index contributed by atoms with van der Waals surface area (Å²) in [6.45, 7) is 3.77. The van der Waals surface area contributed by atoms with Gasteiger partial charge in [0.1, 0.15) is 0 Å². The number of benzene rings is 1. The molecule has 0 aliphatic rings. The van der Waals surface area contributed by atoms with Crippen LogP contribution < -0.4 is 5.73 Å². The van der Waals surface area contributed by atoms with Crippen molar-refractivity contribution in [3.63, 3.8) is 0 Å². The molecule has 1 unspecified atom stereocenters. The van der Waals surface area contributed by atoms with Gasteiger partial charge in [-0.1, -0.05) is 29.8 Å². The zero-order valence-electron chi connectivity index (χ0n) is 9.10. The lowest BCUT2D eigenvalue weighted by Crippen LogP contribution is -2.27. The van der Waals surface area contributed by atoms with E-state index >= 15 is 0 Å². The summed E-state index contributed by atoms with van der Waals surface area (Å²) >= 11 is 0. The molecule has 2 N–H and O–H groups in total. The van der Waals surface area contributed by atoms with Crippen LogP contribution in [-0.2, 0) is 15.6 Å². The van der Waals surface area contributed by atoms with Crippen LogP contribution in [0.2, 0.25) is 0 Å². The third-order valence-electron chi connectivity index (χ3n) is 2.40. The van der Waals surface area contributed by atoms with Crippen molar-refractivity contribution in [1.29, 1.82) is 0 Å². The molecule has 1 aromatic rings. The molecule has 1 aromatic carbocycles. The lowest BCUT2D eigenvalue weighted by atomic mass is 10.2. The minimum Gasteiger partial charge on any atom is -0.329 e. The van der Waals surface area contributed by atoms with E-state index in [1.54, 1.807) is 6.92 Å². The SMILES string of the molecule is Cc1cccc(CS(=O)(=O)C(C)CN)c1. The molecule has 1 atom stereocenters. The number of rotatable bonds is 4. The third kappa shape index (κ3) is 3.32. The van der Waals surface area contributed by atoms with Crippen molar-refractivity contribution >= 4 is 9.84 Å². The third-order valence-corrected chi connectivity index (χ3v) is 4.55. The van der Waals surface area contributed by atoms with Crippen molar-refractivity contribution in [3.8, 4) is 0 Å². The first-order chi connectivity index (χ1) is 6.95. The number of nitrogens with two attached hydrogens (primary N) is 1. The highest BCUT2D eigenvalue weighted by molar-refractivity contribution is 7.91. The monoisotopic (exact) mass is 227 g/mol. The van der Waals surface area contributed by atoms with E-state index in [-0.39, 0.29) is 12.3 Å². The van der Waals surface area contributed by atoms with E-state index in [1.807, 2.05) is 31.2 Å². The van der Waals surface area contributed by atoms with Crippen LogP contribution in [0.25, 0.3) is 0 Å². The summed E-state index contributed by atoms with van der Waals surface area (Å²) in [5, 5.41) is -0.474. The van der Waals surface area contributed by atoms with Crippen LogP contribution in [0.3, 0.4) is 0 Å². The summed E-state index contributed by atoms with van der Waals surface area (Å²) in [6, 6.07) is 7.53. The van der Waals surface area contributed by atoms with E-state index in [4.69, 9.17) is 5.73 Å². The average molecular weight is 227 g/mol. The summed E-state index contributed by atoms with van der Waals surface area (Å²) in [5.41, 5.74) is 7.26. The van der Waals surface area contributed by atoms with Gasteiger partial charge in [0.05, 0.1) is 11.0 Å². The van der Waals surface area contributed by atoms with Crippen LogP contribution in [0, 0.1) is 6.92 Å². The molecular formula is C11H17NO2S. The molecule has 0 saturated carbocycles. The van der Waals surface area contributed by atoms with Gasteiger partial charge in [-0.25, -0.2) is 8.42 Å². The molecule has 0 aliphatic heterocycles. The van der Waals surface area contributed by atoms with Crippen molar-refractivity contribution in [2.75, 3.05) is 6.54 Å². The molecule has 4 heteroatoms. The predicted octanol–water partition coefficient (Wildman–Crippen LogP) is 1.26. The number of hydrogen-bond donors (Lipinski definition) is 1. The van der Waals surface area contributed by atoms with Crippen molar-refractivity contribution in [2.24, 2.45) is 5.73 Å². The quantitative estimate of drug-likeness (QED) is 0.842. The van der Waals surface area contributed by atoms with Crippen LogP contribution in [0.1, 0.15) is 18.1 Å². The molecule has 3 nitrogen and oxygen atoms in total. The van der Waals surface area contributed by atoms with Gasteiger partial charge in [0.2, 0.25) is 0 Å². The Hall–Kier alpha value is -0.870. The Morgan fingerprint density at radius 1 is 1.40 bits per heavy atom. The molecule has 0 radical (unpaired) electrons. The second kappa shape index (κ2) is 4.77. The van der Waals surface area contributed by atoms with Gasteiger partial charge in [0.25, 0.3) is 0 Å². The Morgan fingerprint density at radius 2 is 2.07 bits per heavy atom. The first-order valence-corrected chi connectivity index (χ1v) is 6.64. The van der Waals surface area contributed by atoms with Crippen LogP contribution >= 0.6 is 0 Å². The van der Waals surface area contributed by atoms with Crippen molar-refractivity contribution in [3.05, 3.63) is 35.4 Å². The Labute approximate surface area is 91.2 Å². The van der Waals surface area contributed by atoms with E-state index in [0.717, 1.165) is 11.1 Å². The van der Waals surface area contributed by atoms with Gasteiger partial charge in [0.15, 0.2) is 9.84 Å². The Bertz CT molecular complexity index is 426. The average Bonchev–Trinajstić information content (AvgIpc) is 2.15. The molecule has 0 fully saturated rings. The van der Waals surface area contributed by atoms with Gasteiger partial charge < -0.3 is 5.73 Å². The summed E-state index contributed by atoms with van der Waals surface area (Å²) in [7, 11) is -3.11. The predicted molar refractivity (Wildman–Crippen MR) is 62.3 cm³/mol. The summed E-state index contributed by atoms with van der Waals surface area (Å²) in [4.78, 5) is 0. The fourth-order valence-corrected chi connectivity index (χ4v) is 2.55. The first kappa shape index (κ1) is 12.2. The Kier molecular flexibility index (Phi) is 3.88. The zero-order chi connectivity index (χ0) is 11.5. The highest BCUT2D eigenvalue weighted by Crippen LogP contribution is 2.12. The Balaban J connectivity index is 2.87. The lowest BCUT2D eigenvalue weighted by Gasteiger charge is -2.10. The largest absolute Gasteiger partial charge is 0.329 e. The number of sulfone groups is 1. The zero-order valence-corrected chi connectivity index (χ0v) is 9.92. The van der Waals surface area contributed by atoms with Crippen molar-refractivity contribution in [2.45, 2.75) is 24.9 Å². The van der Waals surface area contributed by atoms with Gasteiger partial charge in [-0.05, 0) is 19.4 Å². The molecule has 0 aromatic heterocycles. The normalized spacial score (nSPS) is 13.8. The van der Waals surface area contributed by atoms with Gasteiger partial charge in [-0.15, -0.1) is 0 Å². The van der Waals surface area contributed by atoms with E-state index in [2.05, 4.69) is 0 Å². The van der Waals surface area contributed by atoms with Crippen LogP contribution in [0.15, 0.2) is 24.3 Å². The molecule has 0 aliphatic carbocycles. The van der Waals surface area contributed by atoms with Crippen molar-refractivity contribution < 1.29 is 8.42 Å². The highest BCUT2D eigenvalue weighted by atomic mass is 32.2. The maximum absolute atomic E-state index is 11.8. The molecule has 0 bridgehead atoms. The minimum atomic E-state index is -3.11. The van der Waals surface area contributed by atoms with E-state index in [9.17, 15) is 8.42 Å². The van der Waals surface area contributed by atoms with Crippen LogP contribution in [0.4, 0.5) is 0 Å². The van der Waals surface area contributed by atoms with Crippen molar-refractivity contribution in [1.82, 2.24) is 0 Å². The number of hydrogen-bond acceptors (Lipinski definition) is 3. The molecule has 0 amide bonds. The molecule has 1 rings (SSSR count). The molecule has 0 spiro atoms. The van der Waals surface area contributed by atoms with Gasteiger partial charge in [-0.3, -0.25) is 0 Å². The molecule has 84 valence electrons. The van der Waals surface area contributed by atoms with E-state index < -0.39 is 15.1 Å². The minimum absolute atomic E-state index is 0.0764. The fraction of sp³-hybridized carbons (Fsp3) is 0.455. The summed E-state index contributed by atoms with van der Waals surface area (Å²) in [6.07, 6.45) is 0. The highest BCUT2D eigenvalue weighted by Gasteiger charge is 2.19. The lowest BCUT2D eigenvalue weighted by molar-refractivity contribution is 0.583. The van der Waals surface area contributed by atoms with Crippen LogP contribution in [-0.4, -0.2) is 20.2 Å². The van der Waals surface area contributed by atoms with E-state index in [0.29, 0.717) is 0 Å². The molecule has 0 heterocycles. The molecule has 0 saturated heterocycles. The molecule has 15 heavy (non-hydrogen) atoms. The summed E-state index contributed by atoms with van der Waals surface area (Å²) in [5.74, 6) is 0.0764. The summed E-state index contributed by atoms with van der Waals surface area (Å²) < 4.78 is 23.5.